The fraction of sp³-hybridized carbons (Fsp3) is 0.647. The monoisotopic (exact) mass is 369 g/mol. The highest BCUT2D eigenvalue weighted by Crippen LogP contribution is 2.38. The Morgan fingerprint density at radius 3 is 2.71 bits per heavy atom. The summed E-state index contributed by atoms with van der Waals surface area (Å²) in [5.74, 6) is 2.52. The van der Waals surface area contributed by atoms with Gasteiger partial charge in [0.1, 0.15) is 0 Å². The van der Waals surface area contributed by atoms with Crippen molar-refractivity contribution in [1.82, 2.24) is 5.32 Å². The number of hydrogen-bond donors (Lipinski definition) is 1. The molecule has 0 saturated carbocycles. The molecule has 1 aromatic carbocycles. The van der Waals surface area contributed by atoms with Crippen LogP contribution in [0.1, 0.15) is 44.2 Å². The van der Waals surface area contributed by atoms with Gasteiger partial charge in [-0.3, -0.25) is 0 Å². The molecule has 0 aromatic heterocycles. The van der Waals surface area contributed by atoms with Crippen molar-refractivity contribution in [2.75, 3.05) is 18.1 Å². The Bertz CT molecular complexity index is 453. The van der Waals surface area contributed by atoms with Gasteiger partial charge in [-0.25, -0.2) is 0 Å². The second-order valence-electron chi connectivity index (χ2n) is 6.27. The van der Waals surface area contributed by atoms with Crippen molar-refractivity contribution in [1.29, 1.82) is 0 Å². The minimum Gasteiger partial charge on any atom is -0.375 e. The molecule has 2 atom stereocenters. The molecule has 2 fully saturated rings. The van der Waals surface area contributed by atoms with Gasteiger partial charge in [-0.2, -0.15) is 11.8 Å². The van der Waals surface area contributed by atoms with Crippen LogP contribution in [-0.4, -0.2) is 29.8 Å². The van der Waals surface area contributed by atoms with E-state index in [1.807, 2.05) is 0 Å². The standard InChI is InChI=1S/C17H24BrNOS/c1-13(14-2-4-15(18)5-3-14)19-16-6-9-20-17(12-16)7-10-21-11-8-17/h2-5,13,16,19H,6-12H2,1H3/t13-,16?/m1/s1. The number of benzene rings is 1. The van der Waals surface area contributed by atoms with Crippen molar-refractivity contribution in [3.05, 3.63) is 34.3 Å². The molecule has 0 amide bonds. The van der Waals surface area contributed by atoms with E-state index in [9.17, 15) is 0 Å². The number of hydrogen-bond acceptors (Lipinski definition) is 3. The molecule has 2 nitrogen and oxygen atoms in total. The van der Waals surface area contributed by atoms with Crippen molar-refractivity contribution in [2.24, 2.45) is 0 Å². The third-order valence-electron chi connectivity index (χ3n) is 4.75. The molecule has 2 heterocycles. The zero-order chi connectivity index (χ0) is 14.7. The Hall–Kier alpha value is -0.0300. The van der Waals surface area contributed by atoms with Crippen molar-refractivity contribution in [2.45, 2.75) is 50.3 Å². The summed E-state index contributed by atoms with van der Waals surface area (Å²) in [6, 6.07) is 9.63. The van der Waals surface area contributed by atoms with E-state index in [1.54, 1.807) is 0 Å². The first-order valence-corrected chi connectivity index (χ1v) is 9.85. The van der Waals surface area contributed by atoms with Crippen LogP contribution in [-0.2, 0) is 4.74 Å². The van der Waals surface area contributed by atoms with Gasteiger partial charge in [0, 0.05) is 23.2 Å². The fourth-order valence-corrected chi connectivity index (χ4v) is 4.96. The van der Waals surface area contributed by atoms with Gasteiger partial charge in [-0.15, -0.1) is 0 Å². The highest BCUT2D eigenvalue weighted by atomic mass is 79.9. The molecule has 2 saturated heterocycles. The third kappa shape index (κ3) is 4.04. The lowest BCUT2D eigenvalue weighted by molar-refractivity contribution is -0.0940. The maximum atomic E-state index is 6.18. The van der Waals surface area contributed by atoms with E-state index in [4.69, 9.17) is 4.74 Å². The predicted molar refractivity (Wildman–Crippen MR) is 94.0 cm³/mol. The first-order chi connectivity index (χ1) is 10.2. The summed E-state index contributed by atoms with van der Waals surface area (Å²) >= 11 is 5.57. The summed E-state index contributed by atoms with van der Waals surface area (Å²) in [4.78, 5) is 0. The van der Waals surface area contributed by atoms with E-state index in [2.05, 4.69) is 64.2 Å². The zero-order valence-corrected chi connectivity index (χ0v) is 15.0. The van der Waals surface area contributed by atoms with Crippen LogP contribution in [0.2, 0.25) is 0 Å². The molecule has 1 N–H and O–H groups in total. The van der Waals surface area contributed by atoms with E-state index < -0.39 is 0 Å². The summed E-state index contributed by atoms with van der Waals surface area (Å²) in [6.45, 7) is 3.18. The van der Waals surface area contributed by atoms with Crippen LogP contribution in [0.25, 0.3) is 0 Å². The first-order valence-electron chi connectivity index (χ1n) is 7.90. The minimum atomic E-state index is 0.167. The lowest BCUT2D eigenvalue weighted by Gasteiger charge is -2.44. The maximum Gasteiger partial charge on any atom is 0.0713 e. The molecule has 1 unspecified atom stereocenters. The second kappa shape index (κ2) is 7.03. The second-order valence-corrected chi connectivity index (χ2v) is 8.41. The average Bonchev–Trinajstić information content (AvgIpc) is 2.49. The maximum absolute atomic E-state index is 6.18. The predicted octanol–water partition coefficient (Wildman–Crippen LogP) is 4.54. The van der Waals surface area contributed by atoms with Gasteiger partial charge in [-0.05, 0) is 61.8 Å². The number of rotatable bonds is 3. The molecule has 2 aliphatic rings. The minimum absolute atomic E-state index is 0.167. The summed E-state index contributed by atoms with van der Waals surface area (Å²) in [6.07, 6.45) is 4.76. The molecule has 0 radical (unpaired) electrons. The van der Waals surface area contributed by atoms with Gasteiger partial charge in [-0.1, -0.05) is 28.1 Å². The molecule has 1 spiro atoms. The summed E-state index contributed by atoms with van der Waals surface area (Å²) in [5, 5.41) is 3.82. The molecular weight excluding hydrogens is 346 g/mol. The van der Waals surface area contributed by atoms with Crippen molar-refractivity contribution in [3.63, 3.8) is 0 Å². The van der Waals surface area contributed by atoms with Gasteiger partial charge in [0.2, 0.25) is 0 Å². The van der Waals surface area contributed by atoms with Crippen LogP contribution in [0.15, 0.2) is 28.7 Å². The average molecular weight is 370 g/mol. The Morgan fingerprint density at radius 2 is 2.00 bits per heavy atom. The van der Waals surface area contributed by atoms with Gasteiger partial charge >= 0.3 is 0 Å². The molecule has 4 heteroatoms. The number of thioether (sulfide) groups is 1. The summed E-state index contributed by atoms with van der Waals surface area (Å²) < 4.78 is 7.32. The topological polar surface area (TPSA) is 21.3 Å². The summed E-state index contributed by atoms with van der Waals surface area (Å²) in [5.41, 5.74) is 1.53. The highest BCUT2D eigenvalue weighted by Gasteiger charge is 2.38. The molecule has 0 aliphatic carbocycles. The van der Waals surface area contributed by atoms with Gasteiger partial charge in [0.05, 0.1) is 5.60 Å². The molecule has 0 bridgehead atoms. The van der Waals surface area contributed by atoms with Gasteiger partial charge < -0.3 is 10.1 Å². The Kier molecular flexibility index (Phi) is 5.31. The van der Waals surface area contributed by atoms with E-state index >= 15 is 0 Å². The van der Waals surface area contributed by atoms with Crippen molar-refractivity contribution >= 4 is 27.7 Å². The molecule has 2 aliphatic heterocycles. The molecule has 116 valence electrons. The Labute approximate surface area is 140 Å². The SMILES string of the molecule is C[C@@H](NC1CCOC2(CCSCC2)C1)c1ccc(Br)cc1. The number of ether oxygens (including phenoxy) is 1. The normalized spacial score (nSPS) is 26.7. The first kappa shape index (κ1) is 15.9. The van der Waals surface area contributed by atoms with Crippen LogP contribution in [0.4, 0.5) is 0 Å². The fourth-order valence-electron chi connectivity index (χ4n) is 3.46. The van der Waals surface area contributed by atoms with Crippen LogP contribution < -0.4 is 5.32 Å². The van der Waals surface area contributed by atoms with Gasteiger partial charge in [0.15, 0.2) is 0 Å². The Balaban J connectivity index is 1.60. The number of halogens is 1. The van der Waals surface area contributed by atoms with Crippen LogP contribution in [0, 0.1) is 0 Å². The largest absolute Gasteiger partial charge is 0.375 e. The third-order valence-corrected chi connectivity index (χ3v) is 6.27. The quantitative estimate of drug-likeness (QED) is 0.844. The molecule has 21 heavy (non-hydrogen) atoms. The van der Waals surface area contributed by atoms with E-state index in [0.29, 0.717) is 12.1 Å². The lowest BCUT2D eigenvalue weighted by Crippen LogP contribution is -2.49. The number of nitrogens with one attached hydrogen (secondary N) is 1. The van der Waals surface area contributed by atoms with E-state index in [-0.39, 0.29) is 5.60 Å². The van der Waals surface area contributed by atoms with Crippen molar-refractivity contribution < 1.29 is 4.74 Å². The van der Waals surface area contributed by atoms with Crippen molar-refractivity contribution in [3.8, 4) is 0 Å². The van der Waals surface area contributed by atoms with Gasteiger partial charge in [0.25, 0.3) is 0 Å². The molecular formula is C17H24BrNOS. The zero-order valence-electron chi connectivity index (χ0n) is 12.6. The van der Waals surface area contributed by atoms with Crippen LogP contribution in [0.3, 0.4) is 0 Å². The smallest absolute Gasteiger partial charge is 0.0713 e. The molecule has 3 rings (SSSR count). The highest BCUT2D eigenvalue weighted by molar-refractivity contribution is 9.10. The summed E-state index contributed by atoms with van der Waals surface area (Å²) in [7, 11) is 0. The van der Waals surface area contributed by atoms with E-state index in [0.717, 1.165) is 17.5 Å². The Morgan fingerprint density at radius 1 is 1.29 bits per heavy atom. The van der Waals surface area contributed by atoms with E-state index in [1.165, 1.54) is 36.3 Å². The van der Waals surface area contributed by atoms with Crippen LogP contribution in [0.5, 0.6) is 0 Å². The van der Waals surface area contributed by atoms with Crippen LogP contribution >= 0.6 is 27.7 Å². The lowest BCUT2D eigenvalue weighted by atomic mass is 9.85. The molecule has 1 aromatic rings.